The Morgan fingerprint density at radius 1 is 1.28 bits per heavy atom. The van der Waals surface area contributed by atoms with E-state index in [9.17, 15) is 0 Å². The van der Waals surface area contributed by atoms with Gasteiger partial charge >= 0.3 is 0 Å². The fourth-order valence-electron chi connectivity index (χ4n) is 3.15. The Labute approximate surface area is 170 Å². The van der Waals surface area contributed by atoms with Gasteiger partial charge in [-0.2, -0.15) is 0 Å². The summed E-state index contributed by atoms with van der Waals surface area (Å²) in [6.07, 6.45) is 5.85. The number of aliphatic imine (C=N–C) groups is 1. The lowest BCUT2D eigenvalue weighted by Crippen LogP contribution is -2.37. The molecule has 1 saturated heterocycles. The van der Waals surface area contributed by atoms with Crippen molar-refractivity contribution in [1.29, 1.82) is 0 Å². The molecule has 1 unspecified atom stereocenters. The molecule has 1 heterocycles. The van der Waals surface area contributed by atoms with Gasteiger partial charge in [0, 0.05) is 25.7 Å². The molecule has 2 N–H and O–H groups in total. The van der Waals surface area contributed by atoms with E-state index >= 15 is 0 Å². The van der Waals surface area contributed by atoms with Gasteiger partial charge in [0.25, 0.3) is 0 Å². The summed E-state index contributed by atoms with van der Waals surface area (Å²) >= 11 is 0. The second-order valence-corrected chi connectivity index (χ2v) is 6.45. The fraction of sp³-hybridized carbons (Fsp3) is 0.550. The van der Waals surface area contributed by atoms with Gasteiger partial charge in [-0.1, -0.05) is 36.8 Å². The van der Waals surface area contributed by atoms with Gasteiger partial charge in [-0.3, -0.25) is 4.90 Å². The van der Waals surface area contributed by atoms with Crippen LogP contribution in [0.15, 0.2) is 41.9 Å². The SMILES string of the molecule is C=CCNC(=NCc1ccccc1CN1CCCCC1C)NCC.I. The Morgan fingerprint density at radius 3 is 2.72 bits per heavy atom. The Hall–Kier alpha value is -1.08. The van der Waals surface area contributed by atoms with E-state index in [2.05, 4.69) is 60.2 Å². The van der Waals surface area contributed by atoms with Gasteiger partial charge in [0.1, 0.15) is 0 Å². The molecule has 0 aromatic heterocycles. The topological polar surface area (TPSA) is 39.7 Å². The molecule has 25 heavy (non-hydrogen) atoms. The van der Waals surface area contributed by atoms with Crippen LogP contribution >= 0.6 is 24.0 Å². The minimum Gasteiger partial charge on any atom is -0.357 e. The van der Waals surface area contributed by atoms with Gasteiger partial charge in [0.2, 0.25) is 0 Å². The smallest absolute Gasteiger partial charge is 0.191 e. The number of halogens is 1. The van der Waals surface area contributed by atoms with Crippen LogP contribution in [0.4, 0.5) is 0 Å². The Kier molecular flexibility index (Phi) is 10.8. The number of benzene rings is 1. The van der Waals surface area contributed by atoms with Gasteiger partial charge in [0.15, 0.2) is 5.96 Å². The van der Waals surface area contributed by atoms with Crippen molar-refractivity contribution in [1.82, 2.24) is 15.5 Å². The van der Waals surface area contributed by atoms with Gasteiger partial charge in [0.05, 0.1) is 6.54 Å². The summed E-state index contributed by atoms with van der Waals surface area (Å²) in [7, 11) is 0. The van der Waals surface area contributed by atoms with Crippen molar-refractivity contribution in [2.75, 3.05) is 19.6 Å². The van der Waals surface area contributed by atoms with Gasteiger partial charge < -0.3 is 10.6 Å². The van der Waals surface area contributed by atoms with Crippen molar-refractivity contribution in [3.05, 3.63) is 48.0 Å². The van der Waals surface area contributed by atoms with E-state index in [0.717, 1.165) is 25.6 Å². The second-order valence-electron chi connectivity index (χ2n) is 6.45. The van der Waals surface area contributed by atoms with E-state index in [1.54, 1.807) is 0 Å². The molecule has 0 spiro atoms. The standard InChI is InChI=1S/C20H32N4.HI/c1-4-13-22-20(21-5-2)23-15-18-11-6-7-12-19(18)16-24-14-9-8-10-17(24)3;/h4,6-7,11-12,17H,1,5,8-10,13-16H2,2-3H3,(H2,21,22,23);1H. The number of guanidine groups is 1. The largest absolute Gasteiger partial charge is 0.357 e. The van der Waals surface area contributed by atoms with Crippen LogP contribution in [0, 0.1) is 0 Å². The van der Waals surface area contributed by atoms with Crippen LogP contribution in [0.5, 0.6) is 0 Å². The number of nitrogens with zero attached hydrogens (tertiary/aromatic N) is 2. The maximum Gasteiger partial charge on any atom is 0.191 e. The van der Waals surface area contributed by atoms with E-state index in [1.165, 1.54) is 36.9 Å². The highest BCUT2D eigenvalue weighted by Gasteiger charge is 2.18. The number of piperidine rings is 1. The molecule has 0 saturated carbocycles. The maximum absolute atomic E-state index is 4.72. The van der Waals surface area contributed by atoms with E-state index in [1.807, 2.05) is 6.08 Å². The van der Waals surface area contributed by atoms with Crippen LogP contribution in [0.1, 0.15) is 44.2 Å². The first-order valence-corrected chi connectivity index (χ1v) is 9.18. The number of rotatable bonds is 7. The second kappa shape index (κ2) is 12.3. The van der Waals surface area contributed by atoms with Gasteiger partial charge in [-0.15, -0.1) is 30.6 Å². The van der Waals surface area contributed by atoms with Crippen LogP contribution in [-0.2, 0) is 13.1 Å². The predicted octanol–water partition coefficient (Wildman–Crippen LogP) is 3.92. The van der Waals surface area contributed by atoms with E-state index in [4.69, 9.17) is 4.99 Å². The molecule has 140 valence electrons. The molecule has 5 heteroatoms. The number of hydrogen-bond donors (Lipinski definition) is 2. The zero-order chi connectivity index (χ0) is 17.2. The lowest BCUT2D eigenvalue weighted by atomic mass is 10.0. The molecule has 1 aliphatic heterocycles. The molecule has 1 aromatic rings. The first-order chi connectivity index (χ1) is 11.7. The molecule has 4 nitrogen and oxygen atoms in total. The normalized spacial score (nSPS) is 18.3. The average Bonchev–Trinajstić information content (AvgIpc) is 2.60. The summed E-state index contributed by atoms with van der Waals surface area (Å²) < 4.78 is 0. The predicted molar refractivity (Wildman–Crippen MR) is 119 cm³/mol. The first-order valence-electron chi connectivity index (χ1n) is 9.18. The lowest BCUT2D eigenvalue weighted by Gasteiger charge is -2.33. The summed E-state index contributed by atoms with van der Waals surface area (Å²) in [5, 5.41) is 6.54. The minimum atomic E-state index is 0. The zero-order valence-electron chi connectivity index (χ0n) is 15.6. The van der Waals surface area contributed by atoms with Gasteiger partial charge in [-0.05, 0) is 44.4 Å². The van der Waals surface area contributed by atoms with Crippen LogP contribution < -0.4 is 10.6 Å². The van der Waals surface area contributed by atoms with E-state index < -0.39 is 0 Å². The Bertz CT molecular complexity index is 544. The zero-order valence-corrected chi connectivity index (χ0v) is 18.0. The molecular weight excluding hydrogens is 423 g/mol. The summed E-state index contributed by atoms with van der Waals surface area (Å²) in [4.78, 5) is 7.33. The maximum atomic E-state index is 4.72. The van der Waals surface area contributed by atoms with Gasteiger partial charge in [-0.25, -0.2) is 4.99 Å². The molecule has 1 aromatic carbocycles. The van der Waals surface area contributed by atoms with Crippen molar-refractivity contribution in [2.24, 2.45) is 4.99 Å². The molecule has 2 rings (SSSR count). The monoisotopic (exact) mass is 456 g/mol. The molecule has 1 atom stereocenters. The van der Waals surface area contributed by atoms with E-state index in [0.29, 0.717) is 12.6 Å². The van der Waals surface area contributed by atoms with Crippen molar-refractivity contribution in [2.45, 2.75) is 52.2 Å². The highest BCUT2D eigenvalue weighted by molar-refractivity contribution is 14.0. The van der Waals surface area contributed by atoms with Crippen LogP contribution in [0.25, 0.3) is 0 Å². The number of hydrogen-bond acceptors (Lipinski definition) is 2. The molecule has 1 fully saturated rings. The summed E-state index contributed by atoms with van der Waals surface area (Å²) in [6.45, 7) is 12.7. The fourth-order valence-corrected chi connectivity index (χ4v) is 3.15. The Morgan fingerprint density at radius 2 is 2.04 bits per heavy atom. The first kappa shape index (κ1) is 22.0. The quantitative estimate of drug-likeness (QED) is 0.283. The summed E-state index contributed by atoms with van der Waals surface area (Å²) in [5.41, 5.74) is 2.71. The molecule has 0 bridgehead atoms. The number of nitrogens with one attached hydrogen (secondary N) is 2. The van der Waals surface area contributed by atoms with Crippen LogP contribution in [-0.4, -0.2) is 36.5 Å². The minimum absolute atomic E-state index is 0. The molecule has 0 aliphatic carbocycles. The molecule has 1 aliphatic rings. The molecule has 0 amide bonds. The van der Waals surface area contributed by atoms with E-state index in [-0.39, 0.29) is 24.0 Å². The van der Waals surface area contributed by atoms with Crippen molar-refractivity contribution in [3.8, 4) is 0 Å². The Balaban J connectivity index is 0.00000312. The van der Waals surface area contributed by atoms with Crippen LogP contribution in [0.2, 0.25) is 0 Å². The average molecular weight is 456 g/mol. The van der Waals surface area contributed by atoms with Crippen molar-refractivity contribution < 1.29 is 0 Å². The van der Waals surface area contributed by atoms with Crippen molar-refractivity contribution >= 4 is 29.9 Å². The third kappa shape index (κ3) is 7.36. The number of likely N-dealkylation sites (tertiary alicyclic amines) is 1. The highest BCUT2D eigenvalue weighted by atomic mass is 127. The van der Waals surface area contributed by atoms with Crippen LogP contribution in [0.3, 0.4) is 0 Å². The molecule has 0 radical (unpaired) electrons. The lowest BCUT2D eigenvalue weighted by molar-refractivity contribution is 0.152. The summed E-state index contributed by atoms with van der Waals surface area (Å²) in [6, 6.07) is 9.37. The summed E-state index contributed by atoms with van der Waals surface area (Å²) in [5.74, 6) is 0.846. The molecular formula is C20H33IN4. The third-order valence-electron chi connectivity index (χ3n) is 4.60. The van der Waals surface area contributed by atoms with Crippen molar-refractivity contribution in [3.63, 3.8) is 0 Å². The highest BCUT2D eigenvalue weighted by Crippen LogP contribution is 2.21. The third-order valence-corrected chi connectivity index (χ3v) is 4.60.